The van der Waals surface area contributed by atoms with E-state index in [2.05, 4.69) is 9.46 Å². The quantitative estimate of drug-likeness (QED) is 0.723. The van der Waals surface area contributed by atoms with Crippen molar-refractivity contribution in [1.29, 1.82) is 0 Å². The van der Waals surface area contributed by atoms with Crippen LogP contribution in [0.15, 0.2) is 53.4 Å². The zero-order valence-corrected chi connectivity index (χ0v) is 14.8. The number of phenolic OH excluding ortho intramolecular Hbond substituents is 1. The lowest BCUT2D eigenvalue weighted by atomic mass is 10.1. The third-order valence-electron chi connectivity index (χ3n) is 3.63. The van der Waals surface area contributed by atoms with Gasteiger partial charge in [-0.15, -0.1) is 0 Å². The number of sulfonamides is 1. The normalized spacial score (nSPS) is 13.2. The number of rotatable bonds is 6. The van der Waals surface area contributed by atoms with Gasteiger partial charge >= 0.3 is 12.1 Å². The number of alkyl halides is 3. The molecule has 0 bridgehead atoms. The van der Waals surface area contributed by atoms with E-state index in [1.165, 1.54) is 24.3 Å². The molecule has 0 aliphatic rings. The van der Waals surface area contributed by atoms with Gasteiger partial charge in [-0.1, -0.05) is 18.2 Å². The van der Waals surface area contributed by atoms with Crippen LogP contribution in [0.3, 0.4) is 0 Å². The second kappa shape index (κ2) is 7.97. The maximum absolute atomic E-state index is 12.8. The predicted molar refractivity (Wildman–Crippen MR) is 89.4 cm³/mol. The van der Waals surface area contributed by atoms with Crippen molar-refractivity contribution in [2.45, 2.75) is 23.5 Å². The summed E-state index contributed by atoms with van der Waals surface area (Å²) in [6.45, 7) is 0. The van der Waals surface area contributed by atoms with Gasteiger partial charge in [0, 0.05) is 0 Å². The SMILES string of the molecule is COC(=O)[C@H](Cc1ccc(O)cc1)NS(=O)(=O)c1cccc(C(F)(F)F)c1. The molecule has 0 saturated carbocycles. The zero-order valence-electron chi connectivity index (χ0n) is 14.0. The van der Waals surface area contributed by atoms with Crippen molar-refractivity contribution in [2.24, 2.45) is 0 Å². The first kappa shape index (κ1) is 20.7. The molecule has 0 aliphatic carbocycles. The minimum absolute atomic E-state index is 0.0158. The number of methoxy groups -OCH3 is 1. The van der Waals surface area contributed by atoms with Crippen LogP contribution in [0, 0.1) is 0 Å². The number of aromatic hydroxyl groups is 1. The molecule has 0 aromatic heterocycles. The Labute approximate surface area is 153 Å². The molecule has 6 nitrogen and oxygen atoms in total. The fourth-order valence-electron chi connectivity index (χ4n) is 2.28. The van der Waals surface area contributed by atoms with Crippen molar-refractivity contribution in [1.82, 2.24) is 4.72 Å². The van der Waals surface area contributed by atoms with Gasteiger partial charge < -0.3 is 9.84 Å². The summed E-state index contributed by atoms with van der Waals surface area (Å²) in [7, 11) is -3.37. The largest absolute Gasteiger partial charge is 0.508 e. The first-order chi connectivity index (χ1) is 12.5. The van der Waals surface area contributed by atoms with Gasteiger partial charge in [-0.2, -0.15) is 17.9 Å². The molecule has 0 spiro atoms. The maximum atomic E-state index is 12.8. The molecule has 2 aromatic carbocycles. The molecule has 0 saturated heterocycles. The molecule has 27 heavy (non-hydrogen) atoms. The summed E-state index contributed by atoms with van der Waals surface area (Å²) in [4.78, 5) is 11.3. The lowest BCUT2D eigenvalue weighted by molar-refractivity contribution is -0.142. The van der Waals surface area contributed by atoms with Crippen molar-refractivity contribution in [2.75, 3.05) is 7.11 Å². The standard InChI is InChI=1S/C17H16F3NO5S/c1-26-16(23)15(9-11-5-7-13(22)8-6-11)21-27(24,25)14-4-2-3-12(10-14)17(18,19)20/h2-8,10,15,21-22H,9H2,1H3/t15-/m0/s1. The van der Waals surface area contributed by atoms with Crippen LogP contribution in [0.1, 0.15) is 11.1 Å². The zero-order chi connectivity index (χ0) is 20.2. The number of hydrogen-bond donors (Lipinski definition) is 2. The van der Waals surface area contributed by atoms with Crippen LogP contribution in [0.2, 0.25) is 0 Å². The molecule has 1 atom stereocenters. The Morgan fingerprint density at radius 2 is 1.81 bits per heavy atom. The molecular weight excluding hydrogens is 387 g/mol. The average molecular weight is 403 g/mol. The number of nitrogens with one attached hydrogen (secondary N) is 1. The number of carbonyl (C=O) groups excluding carboxylic acids is 1. The highest BCUT2D eigenvalue weighted by Gasteiger charge is 2.33. The van der Waals surface area contributed by atoms with Crippen LogP contribution in [-0.2, 0) is 32.2 Å². The molecule has 0 heterocycles. The Hall–Kier alpha value is -2.59. The molecule has 10 heteroatoms. The van der Waals surface area contributed by atoms with Crippen molar-refractivity contribution >= 4 is 16.0 Å². The van der Waals surface area contributed by atoms with E-state index >= 15 is 0 Å². The monoisotopic (exact) mass is 403 g/mol. The number of phenols is 1. The fourth-order valence-corrected chi connectivity index (χ4v) is 3.51. The Morgan fingerprint density at radius 1 is 1.19 bits per heavy atom. The highest BCUT2D eigenvalue weighted by atomic mass is 32.2. The van der Waals surface area contributed by atoms with E-state index in [1.807, 2.05) is 0 Å². The Morgan fingerprint density at radius 3 is 2.37 bits per heavy atom. The van der Waals surface area contributed by atoms with Gasteiger partial charge in [0.25, 0.3) is 0 Å². The Kier molecular flexibility index (Phi) is 6.11. The van der Waals surface area contributed by atoms with Crippen LogP contribution in [0.4, 0.5) is 13.2 Å². The number of ether oxygens (including phenoxy) is 1. The average Bonchev–Trinajstić information content (AvgIpc) is 2.61. The smallest absolute Gasteiger partial charge is 0.416 e. The van der Waals surface area contributed by atoms with E-state index in [1.54, 1.807) is 0 Å². The summed E-state index contributed by atoms with van der Waals surface area (Å²) in [6.07, 6.45) is -4.83. The molecule has 0 fully saturated rings. The van der Waals surface area contributed by atoms with Gasteiger partial charge in [-0.3, -0.25) is 4.79 Å². The van der Waals surface area contributed by atoms with Gasteiger partial charge in [-0.05, 0) is 42.3 Å². The summed E-state index contributed by atoms with van der Waals surface area (Å²) >= 11 is 0. The van der Waals surface area contributed by atoms with E-state index in [0.717, 1.165) is 25.3 Å². The van der Waals surface area contributed by atoms with E-state index in [-0.39, 0.29) is 12.2 Å². The van der Waals surface area contributed by atoms with Gasteiger partial charge in [0.15, 0.2) is 0 Å². The van der Waals surface area contributed by atoms with Crippen LogP contribution < -0.4 is 4.72 Å². The predicted octanol–water partition coefficient (Wildman–Crippen LogP) is 2.47. The summed E-state index contributed by atoms with van der Waals surface area (Å²) in [5.41, 5.74) is -0.617. The summed E-state index contributed by atoms with van der Waals surface area (Å²) in [5, 5.41) is 9.28. The number of hydrogen-bond acceptors (Lipinski definition) is 5. The van der Waals surface area contributed by atoms with Crippen LogP contribution in [0.5, 0.6) is 5.75 Å². The van der Waals surface area contributed by atoms with Gasteiger partial charge in [0.1, 0.15) is 11.8 Å². The van der Waals surface area contributed by atoms with Gasteiger partial charge in [0.05, 0.1) is 17.6 Å². The topological polar surface area (TPSA) is 92.7 Å². The molecular formula is C17H16F3NO5S. The van der Waals surface area contributed by atoms with Crippen LogP contribution in [0.25, 0.3) is 0 Å². The third kappa shape index (κ3) is 5.44. The van der Waals surface area contributed by atoms with E-state index in [0.29, 0.717) is 11.6 Å². The molecule has 2 N–H and O–H groups in total. The first-order valence-electron chi connectivity index (χ1n) is 7.58. The first-order valence-corrected chi connectivity index (χ1v) is 9.06. The summed E-state index contributed by atoms with van der Waals surface area (Å²) in [6, 6.07) is 7.48. The molecule has 0 radical (unpaired) electrons. The molecule has 2 aromatic rings. The van der Waals surface area contributed by atoms with E-state index in [9.17, 15) is 31.5 Å². The fraction of sp³-hybridized carbons (Fsp3) is 0.235. The van der Waals surface area contributed by atoms with E-state index in [4.69, 9.17) is 0 Å². The number of benzene rings is 2. The second-order valence-corrected chi connectivity index (χ2v) is 7.31. The van der Waals surface area contributed by atoms with E-state index < -0.39 is 38.7 Å². The molecule has 146 valence electrons. The molecule has 0 aliphatic heterocycles. The highest BCUT2D eigenvalue weighted by molar-refractivity contribution is 7.89. The van der Waals surface area contributed by atoms with Crippen molar-refractivity contribution in [3.05, 3.63) is 59.7 Å². The van der Waals surface area contributed by atoms with Crippen molar-refractivity contribution in [3.8, 4) is 5.75 Å². The minimum atomic E-state index is -4.71. The molecule has 0 unspecified atom stereocenters. The van der Waals surface area contributed by atoms with Crippen LogP contribution >= 0.6 is 0 Å². The lowest BCUT2D eigenvalue weighted by Crippen LogP contribution is -2.43. The van der Waals surface area contributed by atoms with Gasteiger partial charge in [-0.25, -0.2) is 8.42 Å². The lowest BCUT2D eigenvalue weighted by Gasteiger charge is -2.17. The second-order valence-electron chi connectivity index (χ2n) is 5.59. The van der Waals surface area contributed by atoms with Crippen LogP contribution in [-0.4, -0.2) is 32.6 Å². The maximum Gasteiger partial charge on any atom is 0.416 e. The molecule has 0 amide bonds. The Bertz CT molecular complexity index is 911. The minimum Gasteiger partial charge on any atom is -0.508 e. The highest BCUT2D eigenvalue weighted by Crippen LogP contribution is 2.30. The number of esters is 1. The third-order valence-corrected chi connectivity index (χ3v) is 5.10. The van der Waals surface area contributed by atoms with Crippen molar-refractivity contribution < 1.29 is 36.2 Å². The van der Waals surface area contributed by atoms with Crippen molar-refractivity contribution in [3.63, 3.8) is 0 Å². The summed E-state index contributed by atoms with van der Waals surface area (Å²) in [5.74, 6) is -0.920. The Balaban J connectivity index is 2.30. The summed E-state index contributed by atoms with van der Waals surface area (Å²) < 4.78 is 70.0. The van der Waals surface area contributed by atoms with Gasteiger partial charge in [0.2, 0.25) is 10.0 Å². The molecule has 2 rings (SSSR count). The number of halogens is 3. The number of carbonyl (C=O) groups is 1.